The summed E-state index contributed by atoms with van der Waals surface area (Å²) < 4.78 is 4.97. The molecule has 88 valence electrons. The van der Waals surface area contributed by atoms with E-state index < -0.39 is 11.5 Å². The zero-order valence-electron chi connectivity index (χ0n) is 10.3. The molecule has 3 nitrogen and oxygen atoms in total. The number of rotatable bonds is 3. The Labute approximate surface area is 96.6 Å². The molecule has 0 aromatic heterocycles. The highest BCUT2D eigenvalue weighted by Crippen LogP contribution is 2.22. The van der Waals surface area contributed by atoms with Crippen LogP contribution < -0.4 is 5.73 Å². The van der Waals surface area contributed by atoms with Crippen molar-refractivity contribution in [3.05, 3.63) is 34.9 Å². The van der Waals surface area contributed by atoms with E-state index >= 15 is 0 Å². The van der Waals surface area contributed by atoms with Crippen molar-refractivity contribution in [2.24, 2.45) is 5.73 Å². The van der Waals surface area contributed by atoms with E-state index in [0.717, 1.165) is 11.1 Å². The molecule has 2 N–H and O–H groups in total. The Kier molecular flexibility index (Phi) is 3.70. The van der Waals surface area contributed by atoms with Crippen molar-refractivity contribution in [3.63, 3.8) is 0 Å². The van der Waals surface area contributed by atoms with Crippen LogP contribution in [-0.2, 0) is 15.1 Å². The monoisotopic (exact) mass is 221 g/mol. The summed E-state index contributed by atoms with van der Waals surface area (Å²) in [5, 5.41) is 0. The molecule has 1 rings (SSSR count). The summed E-state index contributed by atoms with van der Waals surface area (Å²) in [5.41, 5.74) is 8.03. The molecular formula is C13H19NO2. The highest BCUT2D eigenvalue weighted by atomic mass is 16.5. The summed E-state index contributed by atoms with van der Waals surface area (Å²) in [6.45, 7) is 7.82. The van der Waals surface area contributed by atoms with Gasteiger partial charge in [-0.1, -0.05) is 18.2 Å². The first-order valence-corrected chi connectivity index (χ1v) is 5.43. The standard InChI is InChI=1S/C13H19NO2/c1-5-16-12(15)13(4,14)11-7-6-9(2)10(3)8-11/h6-8H,5,14H2,1-4H3. The zero-order chi connectivity index (χ0) is 12.3. The normalized spacial score (nSPS) is 14.3. The number of nitrogens with two attached hydrogens (primary N) is 1. The van der Waals surface area contributed by atoms with Gasteiger partial charge in [0.25, 0.3) is 0 Å². The van der Waals surface area contributed by atoms with Crippen molar-refractivity contribution in [1.29, 1.82) is 0 Å². The fourth-order valence-electron chi connectivity index (χ4n) is 1.46. The summed E-state index contributed by atoms with van der Waals surface area (Å²) in [4.78, 5) is 11.7. The Morgan fingerprint density at radius 1 is 1.38 bits per heavy atom. The third-order valence-electron chi connectivity index (χ3n) is 2.81. The molecule has 0 aliphatic rings. The van der Waals surface area contributed by atoms with Gasteiger partial charge in [-0.05, 0) is 44.4 Å². The molecule has 0 fully saturated rings. The number of carbonyl (C=O) groups is 1. The maximum absolute atomic E-state index is 11.7. The fourth-order valence-corrected chi connectivity index (χ4v) is 1.46. The van der Waals surface area contributed by atoms with Crippen LogP contribution in [0.2, 0.25) is 0 Å². The number of carbonyl (C=O) groups excluding carboxylic acids is 1. The van der Waals surface area contributed by atoms with Gasteiger partial charge in [0.1, 0.15) is 5.54 Å². The van der Waals surface area contributed by atoms with Gasteiger partial charge in [-0.2, -0.15) is 0 Å². The first-order valence-electron chi connectivity index (χ1n) is 5.43. The Bertz CT molecular complexity index is 397. The molecule has 0 amide bonds. The van der Waals surface area contributed by atoms with Crippen LogP contribution >= 0.6 is 0 Å². The van der Waals surface area contributed by atoms with Gasteiger partial charge in [0, 0.05) is 0 Å². The van der Waals surface area contributed by atoms with Gasteiger partial charge >= 0.3 is 5.97 Å². The van der Waals surface area contributed by atoms with Gasteiger partial charge in [-0.25, -0.2) is 4.79 Å². The highest BCUT2D eigenvalue weighted by molar-refractivity contribution is 5.81. The van der Waals surface area contributed by atoms with Gasteiger partial charge in [0.2, 0.25) is 0 Å². The van der Waals surface area contributed by atoms with E-state index in [1.54, 1.807) is 13.8 Å². The number of hydrogen-bond acceptors (Lipinski definition) is 3. The molecule has 1 aromatic rings. The molecule has 0 bridgehead atoms. The maximum Gasteiger partial charge on any atom is 0.330 e. The average Bonchev–Trinajstić information content (AvgIpc) is 2.22. The van der Waals surface area contributed by atoms with Crippen LogP contribution in [0.5, 0.6) is 0 Å². The summed E-state index contributed by atoms with van der Waals surface area (Å²) in [7, 11) is 0. The van der Waals surface area contributed by atoms with Gasteiger partial charge < -0.3 is 10.5 Å². The third kappa shape index (κ3) is 2.42. The zero-order valence-corrected chi connectivity index (χ0v) is 10.3. The Morgan fingerprint density at radius 2 is 2.00 bits per heavy atom. The van der Waals surface area contributed by atoms with Crippen molar-refractivity contribution < 1.29 is 9.53 Å². The first-order chi connectivity index (χ1) is 7.39. The second-order valence-corrected chi connectivity index (χ2v) is 4.22. The van der Waals surface area contributed by atoms with Crippen molar-refractivity contribution in [2.45, 2.75) is 33.2 Å². The predicted octanol–water partition coefficient (Wildman–Crippen LogP) is 2.04. The summed E-state index contributed by atoms with van der Waals surface area (Å²) in [5.74, 6) is -0.391. The Morgan fingerprint density at radius 3 is 2.50 bits per heavy atom. The van der Waals surface area contributed by atoms with Crippen LogP contribution in [-0.4, -0.2) is 12.6 Å². The Hall–Kier alpha value is -1.35. The molecule has 1 atom stereocenters. The SMILES string of the molecule is CCOC(=O)C(C)(N)c1ccc(C)c(C)c1. The lowest BCUT2D eigenvalue weighted by molar-refractivity contribution is -0.149. The van der Waals surface area contributed by atoms with Crippen molar-refractivity contribution in [3.8, 4) is 0 Å². The lowest BCUT2D eigenvalue weighted by Gasteiger charge is -2.23. The van der Waals surface area contributed by atoms with E-state index in [9.17, 15) is 4.79 Å². The molecule has 1 unspecified atom stereocenters. The smallest absolute Gasteiger partial charge is 0.330 e. The molecule has 16 heavy (non-hydrogen) atoms. The minimum atomic E-state index is -1.07. The molecule has 1 aromatic carbocycles. The van der Waals surface area contributed by atoms with Crippen LogP contribution in [0.25, 0.3) is 0 Å². The molecule has 0 heterocycles. The molecule has 0 saturated carbocycles. The number of ether oxygens (including phenoxy) is 1. The van der Waals surface area contributed by atoms with Crippen LogP contribution in [0.15, 0.2) is 18.2 Å². The highest BCUT2D eigenvalue weighted by Gasteiger charge is 2.32. The van der Waals surface area contributed by atoms with E-state index in [1.807, 2.05) is 32.0 Å². The number of benzene rings is 1. The van der Waals surface area contributed by atoms with E-state index in [4.69, 9.17) is 10.5 Å². The lowest BCUT2D eigenvalue weighted by atomic mass is 9.91. The van der Waals surface area contributed by atoms with Gasteiger partial charge in [0.15, 0.2) is 0 Å². The lowest BCUT2D eigenvalue weighted by Crippen LogP contribution is -2.43. The van der Waals surface area contributed by atoms with E-state index in [2.05, 4.69) is 0 Å². The summed E-state index contributed by atoms with van der Waals surface area (Å²) in [6.07, 6.45) is 0. The Balaban J connectivity index is 3.06. The van der Waals surface area contributed by atoms with Crippen LogP contribution in [0.1, 0.15) is 30.5 Å². The predicted molar refractivity (Wildman–Crippen MR) is 64.1 cm³/mol. The van der Waals surface area contributed by atoms with E-state index in [1.165, 1.54) is 5.56 Å². The number of hydrogen-bond donors (Lipinski definition) is 1. The maximum atomic E-state index is 11.7. The number of aryl methyl sites for hydroxylation is 2. The van der Waals surface area contributed by atoms with Crippen molar-refractivity contribution in [2.75, 3.05) is 6.61 Å². The molecule has 0 radical (unpaired) electrons. The minimum Gasteiger partial charge on any atom is -0.464 e. The van der Waals surface area contributed by atoms with Gasteiger partial charge in [0.05, 0.1) is 6.61 Å². The van der Waals surface area contributed by atoms with Crippen LogP contribution in [0.3, 0.4) is 0 Å². The first kappa shape index (κ1) is 12.7. The van der Waals surface area contributed by atoms with Crippen LogP contribution in [0.4, 0.5) is 0 Å². The third-order valence-corrected chi connectivity index (χ3v) is 2.81. The molecule has 0 saturated heterocycles. The number of esters is 1. The van der Waals surface area contributed by atoms with Gasteiger partial charge in [-0.3, -0.25) is 0 Å². The molecule has 0 aliphatic carbocycles. The van der Waals surface area contributed by atoms with E-state index in [-0.39, 0.29) is 0 Å². The second-order valence-electron chi connectivity index (χ2n) is 4.22. The summed E-state index contributed by atoms with van der Waals surface area (Å²) in [6, 6.07) is 5.78. The second kappa shape index (κ2) is 4.66. The molecule has 3 heteroatoms. The van der Waals surface area contributed by atoms with Crippen molar-refractivity contribution >= 4 is 5.97 Å². The molecular weight excluding hydrogens is 202 g/mol. The summed E-state index contributed by atoms with van der Waals surface area (Å²) >= 11 is 0. The average molecular weight is 221 g/mol. The quantitative estimate of drug-likeness (QED) is 0.795. The van der Waals surface area contributed by atoms with Crippen LogP contribution in [0, 0.1) is 13.8 Å². The largest absolute Gasteiger partial charge is 0.464 e. The van der Waals surface area contributed by atoms with Gasteiger partial charge in [-0.15, -0.1) is 0 Å². The van der Waals surface area contributed by atoms with E-state index in [0.29, 0.717) is 6.61 Å². The molecule has 0 spiro atoms. The minimum absolute atomic E-state index is 0.344. The topological polar surface area (TPSA) is 52.3 Å². The molecule has 0 aliphatic heterocycles. The fraction of sp³-hybridized carbons (Fsp3) is 0.462. The van der Waals surface area contributed by atoms with Crippen molar-refractivity contribution in [1.82, 2.24) is 0 Å².